The fourth-order valence-corrected chi connectivity index (χ4v) is 3.40. The number of aromatic nitrogens is 1. The lowest BCUT2D eigenvalue weighted by molar-refractivity contribution is 0.100. The van der Waals surface area contributed by atoms with Gasteiger partial charge >= 0.3 is 0 Å². The third-order valence-corrected chi connectivity index (χ3v) is 4.38. The van der Waals surface area contributed by atoms with Crippen LogP contribution in [0, 0.1) is 0 Å². The first-order valence-electron chi connectivity index (χ1n) is 6.20. The molecule has 0 radical (unpaired) electrons. The van der Waals surface area contributed by atoms with Crippen LogP contribution < -0.4 is 10.6 Å². The third kappa shape index (κ3) is 1.95. The Morgan fingerprint density at radius 1 is 1.28 bits per heavy atom. The summed E-state index contributed by atoms with van der Waals surface area (Å²) in [6.07, 6.45) is 3.74. The van der Waals surface area contributed by atoms with E-state index in [-0.39, 0.29) is 0 Å². The van der Waals surface area contributed by atoms with Gasteiger partial charge < -0.3 is 10.6 Å². The van der Waals surface area contributed by atoms with Gasteiger partial charge in [-0.15, -0.1) is 0 Å². The van der Waals surface area contributed by atoms with Gasteiger partial charge in [0, 0.05) is 13.1 Å². The number of hydrogen-bond donors (Lipinski definition) is 1. The maximum absolute atomic E-state index is 11.4. The molecule has 1 fully saturated rings. The Bertz CT molecular complexity index is 587. The van der Waals surface area contributed by atoms with Gasteiger partial charge in [0.15, 0.2) is 5.13 Å². The molecule has 2 N–H and O–H groups in total. The van der Waals surface area contributed by atoms with E-state index in [4.69, 9.17) is 5.73 Å². The van der Waals surface area contributed by atoms with Gasteiger partial charge in [-0.3, -0.25) is 4.79 Å². The normalized spacial score (nSPS) is 16.1. The Labute approximate surface area is 109 Å². The second-order valence-corrected chi connectivity index (χ2v) is 5.57. The molecule has 0 atom stereocenters. The molecule has 2 aromatic rings. The smallest absolute Gasteiger partial charge is 0.250 e. The minimum Gasteiger partial charge on any atom is -0.366 e. The number of nitrogens with two attached hydrogens (primary N) is 1. The van der Waals surface area contributed by atoms with Gasteiger partial charge in [0.25, 0.3) is 5.91 Å². The number of benzene rings is 1. The first-order chi connectivity index (χ1) is 8.75. The Morgan fingerprint density at radius 2 is 2.06 bits per heavy atom. The van der Waals surface area contributed by atoms with E-state index in [0.717, 1.165) is 28.4 Å². The van der Waals surface area contributed by atoms with E-state index >= 15 is 0 Å². The first-order valence-corrected chi connectivity index (χ1v) is 7.01. The van der Waals surface area contributed by atoms with Crippen LogP contribution in [0.5, 0.6) is 0 Å². The highest BCUT2D eigenvalue weighted by Gasteiger charge is 2.17. The van der Waals surface area contributed by atoms with E-state index in [1.807, 2.05) is 12.1 Å². The highest BCUT2D eigenvalue weighted by molar-refractivity contribution is 7.22. The lowest BCUT2D eigenvalue weighted by Crippen LogP contribution is -2.29. The van der Waals surface area contributed by atoms with Crippen molar-refractivity contribution < 1.29 is 4.79 Å². The Kier molecular flexibility index (Phi) is 2.91. The monoisotopic (exact) mass is 261 g/mol. The highest BCUT2D eigenvalue weighted by atomic mass is 32.1. The summed E-state index contributed by atoms with van der Waals surface area (Å²) in [5, 5.41) is 1.01. The predicted molar refractivity (Wildman–Crippen MR) is 74.2 cm³/mol. The average Bonchev–Trinajstić information content (AvgIpc) is 2.83. The summed E-state index contributed by atoms with van der Waals surface area (Å²) in [6, 6.07) is 5.60. The van der Waals surface area contributed by atoms with Gasteiger partial charge in [0.05, 0.1) is 15.8 Å². The van der Waals surface area contributed by atoms with Crippen molar-refractivity contribution in [2.75, 3.05) is 18.0 Å². The molecular weight excluding hydrogens is 246 g/mol. The van der Waals surface area contributed by atoms with Crippen molar-refractivity contribution in [3.63, 3.8) is 0 Å². The van der Waals surface area contributed by atoms with E-state index in [2.05, 4.69) is 9.88 Å². The summed E-state index contributed by atoms with van der Waals surface area (Å²) in [6.45, 7) is 2.12. The zero-order valence-corrected chi connectivity index (χ0v) is 10.9. The number of piperidine rings is 1. The number of thiazole rings is 1. The summed E-state index contributed by atoms with van der Waals surface area (Å²) in [5.74, 6) is -0.406. The van der Waals surface area contributed by atoms with E-state index in [1.165, 1.54) is 19.3 Å². The predicted octanol–water partition coefficient (Wildman–Crippen LogP) is 2.39. The third-order valence-electron chi connectivity index (χ3n) is 3.30. The molecule has 0 unspecified atom stereocenters. The highest BCUT2D eigenvalue weighted by Crippen LogP contribution is 2.31. The van der Waals surface area contributed by atoms with Crippen molar-refractivity contribution in [3.05, 3.63) is 23.8 Å². The first kappa shape index (κ1) is 11.5. The van der Waals surface area contributed by atoms with Gasteiger partial charge in [-0.05, 0) is 31.4 Å². The quantitative estimate of drug-likeness (QED) is 0.903. The zero-order chi connectivity index (χ0) is 12.5. The molecule has 0 aliphatic carbocycles. The lowest BCUT2D eigenvalue weighted by Gasteiger charge is -2.25. The summed E-state index contributed by atoms with van der Waals surface area (Å²) >= 11 is 1.64. The van der Waals surface area contributed by atoms with Crippen LogP contribution in [0.15, 0.2) is 18.2 Å². The molecule has 0 saturated carbocycles. The van der Waals surface area contributed by atoms with Crippen molar-refractivity contribution >= 4 is 32.6 Å². The number of hydrogen-bond acceptors (Lipinski definition) is 4. The summed E-state index contributed by atoms with van der Waals surface area (Å²) in [4.78, 5) is 18.3. The lowest BCUT2D eigenvalue weighted by atomic mass is 10.1. The second kappa shape index (κ2) is 4.57. The molecule has 1 amide bonds. The van der Waals surface area contributed by atoms with Crippen molar-refractivity contribution in [2.24, 2.45) is 5.73 Å². The van der Waals surface area contributed by atoms with Crippen molar-refractivity contribution in [1.82, 2.24) is 4.98 Å². The van der Waals surface area contributed by atoms with Gasteiger partial charge in [-0.25, -0.2) is 4.98 Å². The largest absolute Gasteiger partial charge is 0.366 e. The van der Waals surface area contributed by atoms with Crippen molar-refractivity contribution in [2.45, 2.75) is 19.3 Å². The van der Waals surface area contributed by atoms with Crippen LogP contribution in [0.1, 0.15) is 29.6 Å². The number of anilines is 1. The number of rotatable bonds is 2. The molecule has 0 spiro atoms. The van der Waals surface area contributed by atoms with Crippen LogP contribution in [0.3, 0.4) is 0 Å². The standard InChI is InChI=1S/C13H15N3OS/c14-12(17)9-5-4-6-10-11(9)15-13(18-10)16-7-2-1-3-8-16/h4-6H,1-3,7-8H2,(H2,14,17). The van der Waals surface area contributed by atoms with Gasteiger partial charge in [-0.1, -0.05) is 17.4 Å². The Balaban J connectivity index is 2.04. The van der Waals surface area contributed by atoms with Crippen LogP contribution in [0.4, 0.5) is 5.13 Å². The van der Waals surface area contributed by atoms with E-state index in [9.17, 15) is 4.79 Å². The van der Waals surface area contributed by atoms with Gasteiger partial charge in [-0.2, -0.15) is 0 Å². The fourth-order valence-electron chi connectivity index (χ4n) is 2.36. The topological polar surface area (TPSA) is 59.2 Å². The van der Waals surface area contributed by atoms with Crippen LogP contribution in [0.2, 0.25) is 0 Å². The molecule has 5 heteroatoms. The number of fused-ring (bicyclic) bond motifs is 1. The number of para-hydroxylation sites is 1. The molecular formula is C13H15N3OS. The number of amides is 1. The molecule has 94 valence electrons. The average molecular weight is 261 g/mol. The van der Waals surface area contributed by atoms with E-state index in [1.54, 1.807) is 17.4 Å². The maximum atomic E-state index is 11.4. The number of carbonyl (C=O) groups excluding carboxylic acids is 1. The Morgan fingerprint density at radius 3 is 2.78 bits per heavy atom. The van der Waals surface area contributed by atoms with Gasteiger partial charge in [0.1, 0.15) is 0 Å². The van der Waals surface area contributed by atoms with Crippen molar-refractivity contribution in [1.29, 1.82) is 0 Å². The molecule has 2 heterocycles. The SMILES string of the molecule is NC(=O)c1cccc2sc(N3CCCCC3)nc12. The minimum atomic E-state index is -0.406. The zero-order valence-electron chi connectivity index (χ0n) is 10.1. The van der Waals surface area contributed by atoms with E-state index in [0.29, 0.717) is 5.56 Å². The van der Waals surface area contributed by atoms with Crippen LogP contribution in [-0.2, 0) is 0 Å². The molecule has 1 saturated heterocycles. The number of carbonyl (C=O) groups is 1. The molecule has 18 heavy (non-hydrogen) atoms. The summed E-state index contributed by atoms with van der Waals surface area (Å²) in [5.41, 5.74) is 6.65. The number of nitrogens with zero attached hydrogens (tertiary/aromatic N) is 2. The molecule has 1 aliphatic rings. The molecule has 3 rings (SSSR count). The van der Waals surface area contributed by atoms with Crippen LogP contribution in [-0.4, -0.2) is 24.0 Å². The molecule has 1 aliphatic heterocycles. The van der Waals surface area contributed by atoms with E-state index < -0.39 is 5.91 Å². The van der Waals surface area contributed by atoms with Crippen LogP contribution >= 0.6 is 11.3 Å². The summed E-state index contributed by atoms with van der Waals surface area (Å²) in [7, 11) is 0. The van der Waals surface area contributed by atoms with Gasteiger partial charge in [0.2, 0.25) is 0 Å². The van der Waals surface area contributed by atoms with Crippen LogP contribution in [0.25, 0.3) is 10.2 Å². The molecule has 1 aromatic carbocycles. The second-order valence-electron chi connectivity index (χ2n) is 4.56. The fraction of sp³-hybridized carbons (Fsp3) is 0.385. The molecule has 0 bridgehead atoms. The number of primary amides is 1. The molecule has 4 nitrogen and oxygen atoms in total. The Hall–Kier alpha value is -1.62. The summed E-state index contributed by atoms with van der Waals surface area (Å²) < 4.78 is 1.03. The molecule has 1 aromatic heterocycles. The minimum absolute atomic E-state index is 0.406. The maximum Gasteiger partial charge on any atom is 0.250 e. The van der Waals surface area contributed by atoms with Crippen molar-refractivity contribution in [3.8, 4) is 0 Å².